The monoisotopic (exact) mass is 309 g/mol. The van der Waals surface area contributed by atoms with Gasteiger partial charge in [-0.3, -0.25) is 4.90 Å². The average Bonchev–Trinajstić information content (AvgIpc) is 2.77. The van der Waals surface area contributed by atoms with Crippen LogP contribution in [-0.4, -0.2) is 11.9 Å². The van der Waals surface area contributed by atoms with Crippen LogP contribution in [0.15, 0.2) is 72.8 Å². The predicted molar refractivity (Wildman–Crippen MR) is 102 cm³/mol. The zero-order valence-corrected chi connectivity index (χ0v) is 13.8. The lowest BCUT2D eigenvalue weighted by molar-refractivity contribution is 0.323. The Labute approximate surface area is 142 Å². The van der Waals surface area contributed by atoms with Crippen molar-refractivity contribution < 1.29 is 0 Å². The molecule has 4 aromatic carbocycles. The standard InChI is InChI=1S/C23H19N/c1-24-14-18-12-10-16-6-2-4-8-20(16)22(18)23-19(15-24)13-11-17-7-3-5-9-21(17)23/h2-13H,14-15H2,1H3. The van der Waals surface area contributed by atoms with E-state index < -0.39 is 0 Å². The summed E-state index contributed by atoms with van der Waals surface area (Å²) < 4.78 is 0. The third-order valence-corrected chi connectivity index (χ3v) is 5.16. The molecule has 0 fully saturated rings. The normalized spacial score (nSPS) is 14.4. The lowest BCUT2D eigenvalue weighted by atomic mass is 9.88. The fraction of sp³-hybridized carbons (Fsp3) is 0.130. The van der Waals surface area contributed by atoms with Crippen LogP contribution >= 0.6 is 0 Å². The van der Waals surface area contributed by atoms with Crippen LogP contribution < -0.4 is 0 Å². The smallest absolute Gasteiger partial charge is 0.0240 e. The van der Waals surface area contributed by atoms with Gasteiger partial charge in [0.25, 0.3) is 0 Å². The van der Waals surface area contributed by atoms with Crippen molar-refractivity contribution in [2.24, 2.45) is 0 Å². The van der Waals surface area contributed by atoms with Gasteiger partial charge in [-0.05, 0) is 50.8 Å². The molecule has 4 aromatic rings. The number of nitrogens with zero attached hydrogens (tertiary/aromatic N) is 1. The highest BCUT2D eigenvalue weighted by Gasteiger charge is 2.21. The van der Waals surface area contributed by atoms with E-state index in [2.05, 4.69) is 84.7 Å². The third-order valence-electron chi connectivity index (χ3n) is 5.16. The van der Waals surface area contributed by atoms with Crippen LogP contribution in [0.4, 0.5) is 0 Å². The minimum atomic E-state index is 0.989. The minimum Gasteiger partial charge on any atom is -0.298 e. The molecular weight excluding hydrogens is 290 g/mol. The zero-order valence-electron chi connectivity index (χ0n) is 13.8. The molecule has 1 heteroatoms. The zero-order chi connectivity index (χ0) is 16.1. The summed E-state index contributed by atoms with van der Waals surface area (Å²) in [4.78, 5) is 2.41. The summed E-state index contributed by atoms with van der Waals surface area (Å²) in [6, 6.07) is 26.7. The Kier molecular flexibility index (Phi) is 2.97. The van der Waals surface area contributed by atoms with E-state index in [1.165, 1.54) is 43.8 Å². The molecule has 0 saturated heterocycles. The van der Waals surface area contributed by atoms with Crippen LogP contribution in [0, 0.1) is 0 Å². The molecule has 0 atom stereocenters. The molecule has 1 aliphatic rings. The van der Waals surface area contributed by atoms with Gasteiger partial charge < -0.3 is 0 Å². The molecule has 0 amide bonds. The molecule has 5 rings (SSSR count). The van der Waals surface area contributed by atoms with E-state index >= 15 is 0 Å². The molecule has 0 radical (unpaired) electrons. The highest BCUT2D eigenvalue weighted by molar-refractivity contribution is 6.07. The summed E-state index contributed by atoms with van der Waals surface area (Å²) in [6.45, 7) is 1.98. The lowest BCUT2D eigenvalue weighted by Crippen LogP contribution is -2.15. The summed E-state index contributed by atoms with van der Waals surface area (Å²) in [7, 11) is 2.21. The fourth-order valence-electron chi connectivity index (χ4n) is 4.12. The van der Waals surface area contributed by atoms with Gasteiger partial charge in [0.05, 0.1) is 0 Å². The van der Waals surface area contributed by atoms with Crippen LogP contribution in [0.2, 0.25) is 0 Å². The molecule has 0 bridgehead atoms. The SMILES string of the molecule is CN1Cc2ccc3ccccc3c2-c2c(ccc3ccccc23)C1. The van der Waals surface area contributed by atoms with Crippen LogP contribution in [0.5, 0.6) is 0 Å². The first-order valence-corrected chi connectivity index (χ1v) is 8.51. The number of rotatable bonds is 0. The molecule has 0 aromatic heterocycles. The molecule has 24 heavy (non-hydrogen) atoms. The van der Waals surface area contributed by atoms with Crippen molar-refractivity contribution in [1.29, 1.82) is 0 Å². The molecular formula is C23H19N. The van der Waals surface area contributed by atoms with Crippen molar-refractivity contribution >= 4 is 21.5 Å². The summed E-state index contributed by atoms with van der Waals surface area (Å²) >= 11 is 0. The van der Waals surface area contributed by atoms with E-state index in [1.807, 2.05) is 0 Å². The van der Waals surface area contributed by atoms with E-state index in [9.17, 15) is 0 Å². The Morgan fingerprint density at radius 2 is 1.04 bits per heavy atom. The lowest BCUT2D eigenvalue weighted by Gasteiger charge is -2.15. The van der Waals surface area contributed by atoms with Crippen molar-refractivity contribution in [3.05, 3.63) is 83.9 Å². The predicted octanol–water partition coefficient (Wildman–Crippen LogP) is 5.61. The van der Waals surface area contributed by atoms with Crippen LogP contribution in [0.3, 0.4) is 0 Å². The Hall–Kier alpha value is -2.64. The van der Waals surface area contributed by atoms with Gasteiger partial charge in [-0.25, -0.2) is 0 Å². The Bertz CT molecular complexity index is 991. The number of hydrogen-bond donors (Lipinski definition) is 0. The van der Waals surface area contributed by atoms with E-state index in [0.717, 1.165) is 13.1 Å². The highest BCUT2D eigenvalue weighted by Crippen LogP contribution is 2.41. The second-order valence-electron chi connectivity index (χ2n) is 6.81. The first-order chi connectivity index (χ1) is 11.8. The largest absolute Gasteiger partial charge is 0.298 e. The van der Waals surface area contributed by atoms with Gasteiger partial charge in [0, 0.05) is 13.1 Å². The third kappa shape index (κ3) is 1.98. The summed E-state index contributed by atoms with van der Waals surface area (Å²) in [5.74, 6) is 0. The second-order valence-corrected chi connectivity index (χ2v) is 6.81. The van der Waals surface area contributed by atoms with Gasteiger partial charge in [0.15, 0.2) is 0 Å². The average molecular weight is 309 g/mol. The molecule has 0 spiro atoms. The van der Waals surface area contributed by atoms with Crippen LogP contribution in [0.1, 0.15) is 11.1 Å². The van der Waals surface area contributed by atoms with Crippen molar-refractivity contribution in [2.45, 2.75) is 13.1 Å². The molecule has 0 aliphatic carbocycles. The topological polar surface area (TPSA) is 3.24 Å². The first-order valence-electron chi connectivity index (χ1n) is 8.51. The molecule has 116 valence electrons. The molecule has 1 nitrogen and oxygen atoms in total. The van der Waals surface area contributed by atoms with E-state index in [4.69, 9.17) is 0 Å². The molecule has 1 aliphatic heterocycles. The number of fused-ring (bicyclic) bond motifs is 7. The molecule has 0 N–H and O–H groups in total. The second kappa shape index (κ2) is 5.19. The van der Waals surface area contributed by atoms with Gasteiger partial charge in [-0.15, -0.1) is 0 Å². The van der Waals surface area contributed by atoms with E-state index in [0.29, 0.717) is 0 Å². The van der Waals surface area contributed by atoms with Gasteiger partial charge in [-0.1, -0.05) is 72.8 Å². The summed E-state index contributed by atoms with van der Waals surface area (Å²) in [5, 5.41) is 5.37. The van der Waals surface area contributed by atoms with Crippen molar-refractivity contribution in [2.75, 3.05) is 7.05 Å². The molecule has 1 heterocycles. The van der Waals surface area contributed by atoms with Crippen LogP contribution in [-0.2, 0) is 13.1 Å². The fourth-order valence-corrected chi connectivity index (χ4v) is 4.12. The number of benzene rings is 4. The maximum absolute atomic E-state index is 2.41. The van der Waals surface area contributed by atoms with Crippen LogP contribution in [0.25, 0.3) is 32.7 Å². The Morgan fingerprint density at radius 3 is 1.54 bits per heavy atom. The maximum Gasteiger partial charge on any atom is 0.0240 e. The highest BCUT2D eigenvalue weighted by atomic mass is 15.1. The Morgan fingerprint density at radius 1 is 0.583 bits per heavy atom. The van der Waals surface area contributed by atoms with Gasteiger partial charge in [0.2, 0.25) is 0 Å². The van der Waals surface area contributed by atoms with Crippen molar-refractivity contribution in [3.8, 4) is 11.1 Å². The van der Waals surface area contributed by atoms with Gasteiger partial charge >= 0.3 is 0 Å². The number of hydrogen-bond acceptors (Lipinski definition) is 1. The van der Waals surface area contributed by atoms with Crippen molar-refractivity contribution in [3.63, 3.8) is 0 Å². The van der Waals surface area contributed by atoms with Gasteiger partial charge in [-0.2, -0.15) is 0 Å². The minimum absolute atomic E-state index is 0.989. The van der Waals surface area contributed by atoms with E-state index in [-0.39, 0.29) is 0 Å². The summed E-state index contributed by atoms with van der Waals surface area (Å²) in [6.07, 6.45) is 0. The molecule has 0 unspecified atom stereocenters. The quantitative estimate of drug-likeness (QED) is 0.408. The Balaban J connectivity index is 2.00. The van der Waals surface area contributed by atoms with Gasteiger partial charge in [0.1, 0.15) is 0 Å². The van der Waals surface area contributed by atoms with E-state index in [1.54, 1.807) is 0 Å². The van der Waals surface area contributed by atoms with Crippen molar-refractivity contribution in [1.82, 2.24) is 4.90 Å². The summed E-state index contributed by atoms with van der Waals surface area (Å²) in [5.41, 5.74) is 5.69. The first kappa shape index (κ1) is 13.8. The maximum atomic E-state index is 2.41. The molecule has 0 saturated carbocycles.